The molecule has 1 aliphatic rings. The van der Waals surface area contributed by atoms with Gasteiger partial charge in [0.2, 0.25) is 0 Å². The van der Waals surface area contributed by atoms with Crippen LogP contribution in [0, 0.1) is 10.8 Å². The molecule has 0 heterocycles. The maximum Gasteiger partial charge on any atom is 0.191 e. The summed E-state index contributed by atoms with van der Waals surface area (Å²) >= 11 is 0. The predicted molar refractivity (Wildman–Crippen MR) is 108 cm³/mol. The Labute approximate surface area is 159 Å². The van der Waals surface area contributed by atoms with E-state index in [1.165, 1.54) is 25.7 Å². The first-order chi connectivity index (χ1) is 10.5. The summed E-state index contributed by atoms with van der Waals surface area (Å²) in [4.78, 5) is 4.63. The number of nitrogens with one attached hydrogen (secondary N) is 2. The van der Waals surface area contributed by atoms with E-state index in [0.717, 1.165) is 32.1 Å². The summed E-state index contributed by atoms with van der Waals surface area (Å²) < 4.78 is 5.29. The number of nitrogens with zero attached hydrogens (tertiary/aromatic N) is 1. The van der Waals surface area contributed by atoms with Crippen LogP contribution in [0.2, 0.25) is 0 Å². The number of hydrogen-bond acceptors (Lipinski definition) is 3. The van der Waals surface area contributed by atoms with Gasteiger partial charge in [0, 0.05) is 38.8 Å². The first kappa shape index (κ1) is 22.9. The van der Waals surface area contributed by atoms with Gasteiger partial charge in [0.05, 0.1) is 6.54 Å². The smallest absolute Gasteiger partial charge is 0.191 e. The van der Waals surface area contributed by atoms with Crippen molar-refractivity contribution < 1.29 is 9.84 Å². The highest BCUT2D eigenvalue weighted by Crippen LogP contribution is 2.40. The Bertz CT molecular complexity index is 343. The molecule has 1 aliphatic carbocycles. The summed E-state index contributed by atoms with van der Waals surface area (Å²) in [6.45, 7) is 9.50. The number of methoxy groups -OCH3 is 1. The lowest BCUT2D eigenvalue weighted by Gasteiger charge is -2.30. The van der Waals surface area contributed by atoms with Gasteiger partial charge in [-0.2, -0.15) is 0 Å². The molecule has 5 nitrogen and oxygen atoms in total. The van der Waals surface area contributed by atoms with Crippen LogP contribution in [0.3, 0.4) is 0 Å². The highest BCUT2D eigenvalue weighted by Gasteiger charge is 2.33. The Kier molecular flexibility index (Phi) is 11.4. The second-order valence-corrected chi connectivity index (χ2v) is 7.32. The normalized spacial score (nSPS) is 17.7. The lowest BCUT2D eigenvalue weighted by Crippen LogP contribution is -2.44. The number of aliphatic hydroxyl groups excluding tert-OH is 1. The van der Waals surface area contributed by atoms with Crippen LogP contribution in [-0.4, -0.2) is 51.0 Å². The van der Waals surface area contributed by atoms with Crippen LogP contribution in [-0.2, 0) is 4.74 Å². The number of hydrogen-bond donors (Lipinski definition) is 3. The molecule has 0 amide bonds. The molecule has 0 radical (unpaired) electrons. The number of aliphatic hydroxyl groups is 1. The van der Waals surface area contributed by atoms with E-state index in [4.69, 9.17) is 4.74 Å². The average Bonchev–Trinajstić information content (AvgIpc) is 2.97. The third kappa shape index (κ3) is 8.54. The van der Waals surface area contributed by atoms with Crippen molar-refractivity contribution in [3.63, 3.8) is 0 Å². The molecule has 0 atom stereocenters. The molecular formula is C17H36IN3O2. The summed E-state index contributed by atoms with van der Waals surface area (Å²) in [5.74, 6) is 0.854. The van der Waals surface area contributed by atoms with Crippen LogP contribution in [0.4, 0.5) is 0 Å². The number of guanidine groups is 1. The van der Waals surface area contributed by atoms with Crippen molar-refractivity contribution in [2.24, 2.45) is 15.8 Å². The lowest BCUT2D eigenvalue weighted by molar-refractivity contribution is 0.138. The Balaban J connectivity index is 0.00000484. The van der Waals surface area contributed by atoms with Crippen LogP contribution >= 0.6 is 24.0 Å². The molecule has 0 aliphatic heterocycles. The van der Waals surface area contributed by atoms with E-state index in [2.05, 4.69) is 22.5 Å². The maximum absolute atomic E-state index is 9.35. The van der Waals surface area contributed by atoms with E-state index < -0.39 is 0 Å². The van der Waals surface area contributed by atoms with Gasteiger partial charge in [0.25, 0.3) is 0 Å². The van der Waals surface area contributed by atoms with E-state index in [-0.39, 0.29) is 36.0 Å². The first-order valence-corrected chi connectivity index (χ1v) is 8.59. The zero-order valence-electron chi connectivity index (χ0n) is 15.3. The van der Waals surface area contributed by atoms with Crippen LogP contribution in [0.1, 0.15) is 52.9 Å². The third-order valence-electron chi connectivity index (χ3n) is 4.57. The van der Waals surface area contributed by atoms with E-state index in [9.17, 15) is 5.11 Å². The van der Waals surface area contributed by atoms with Crippen LogP contribution in [0.5, 0.6) is 0 Å². The fourth-order valence-corrected chi connectivity index (χ4v) is 2.91. The molecule has 0 bridgehead atoms. The van der Waals surface area contributed by atoms with Gasteiger partial charge < -0.3 is 20.5 Å². The molecular weight excluding hydrogens is 405 g/mol. The topological polar surface area (TPSA) is 65.9 Å². The predicted octanol–water partition coefficient (Wildman–Crippen LogP) is 2.77. The van der Waals surface area contributed by atoms with Crippen LogP contribution in [0.25, 0.3) is 0 Å². The minimum absolute atomic E-state index is 0. The fraction of sp³-hybridized carbons (Fsp3) is 0.941. The van der Waals surface area contributed by atoms with Crippen molar-refractivity contribution >= 4 is 29.9 Å². The molecule has 23 heavy (non-hydrogen) atoms. The largest absolute Gasteiger partial charge is 0.396 e. The molecule has 0 aromatic heterocycles. The zero-order valence-corrected chi connectivity index (χ0v) is 17.6. The minimum atomic E-state index is -0.177. The summed E-state index contributed by atoms with van der Waals surface area (Å²) in [7, 11) is 1.78. The molecule has 1 saturated carbocycles. The zero-order chi connectivity index (χ0) is 16.5. The van der Waals surface area contributed by atoms with Gasteiger partial charge in [-0.15, -0.1) is 24.0 Å². The first-order valence-electron chi connectivity index (χ1n) is 8.59. The SMILES string of the molecule is CCNC(=NCC(C)(C)CO)NCC1(CCOC)CCCC1.I. The summed E-state index contributed by atoms with van der Waals surface area (Å²) in [5, 5.41) is 16.2. The van der Waals surface area contributed by atoms with Gasteiger partial charge in [-0.25, -0.2) is 0 Å². The molecule has 138 valence electrons. The molecule has 3 N–H and O–H groups in total. The van der Waals surface area contributed by atoms with Crippen LogP contribution in [0.15, 0.2) is 4.99 Å². The number of ether oxygens (including phenoxy) is 1. The Hall–Kier alpha value is -0.0800. The van der Waals surface area contributed by atoms with E-state index in [0.29, 0.717) is 12.0 Å². The Morgan fingerprint density at radius 1 is 1.26 bits per heavy atom. The molecule has 0 aromatic carbocycles. The fourth-order valence-electron chi connectivity index (χ4n) is 2.91. The molecule has 0 spiro atoms. The van der Waals surface area contributed by atoms with E-state index in [1.807, 2.05) is 13.8 Å². The van der Waals surface area contributed by atoms with Crippen LogP contribution < -0.4 is 10.6 Å². The quantitative estimate of drug-likeness (QED) is 0.293. The highest BCUT2D eigenvalue weighted by atomic mass is 127. The van der Waals surface area contributed by atoms with Gasteiger partial charge in [-0.05, 0) is 31.6 Å². The second-order valence-electron chi connectivity index (χ2n) is 7.32. The summed E-state index contributed by atoms with van der Waals surface area (Å²) in [5.41, 5.74) is 0.169. The molecule has 1 fully saturated rings. The third-order valence-corrected chi connectivity index (χ3v) is 4.57. The molecule has 1 rings (SSSR count). The monoisotopic (exact) mass is 441 g/mol. The number of rotatable bonds is 9. The van der Waals surface area contributed by atoms with E-state index in [1.54, 1.807) is 7.11 Å². The maximum atomic E-state index is 9.35. The van der Waals surface area contributed by atoms with Crippen molar-refractivity contribution in [3.05, 3.63) is 0 Å². The summed E-state index contributed by atoms with van der Waals surface area (Å²) in [6.07, 6.45) is 6.28. The van der Waals surface area contributed by atoms with Crippen molar-refractivity contribution in [1.82, 2.24) is 10.6 Å². The lowest BCUT2D eigenvalue weighted by atomic mass is 9.83. The second kappa shape index (κ2) is 11.5. The molecule has 0 saturated heterocycles. The Morgan fingerprint density at radius 3 is 2.43 bits per heavy atom. The van der Waals surface area contributed by atoms with Gasteiger partial charge >= 0.3 is 0 Å². The number of aliphatic imine (C=N–C) groups is 1. The molecule has 6 heteroatoms. The van der Waals surface area contributed by atoms with Gasteiger partial charge in [0.1, 0.15) is 0 Å². The van der Waals surface area contributed by atoms with Crippen molar-refractivity contribution in [3.8, 4) is 0 Å². The van der Waals surface area contributed by atoms with Gasteiger partial charge in [0.15, 0.2) is 5.96 Å². The van der Waals surface area contributed by atoms with Gasteiger partial charge in [-0.3, -0.25) is 4.99 Å². The Morgan fingerprint density at radius 2 is 1.91 bits per heavy atom. The van der Waals surface area contributed by atoms with Crippen molar-refractivity contribution in [2.75, 3.05) is 40.0 Å². The minimum Gasteiger partial charge on any atom is -0.396 e. The molecule has 0 unspecified atom stereocenters. The average molecular weight is 441 g/mol. The standard InChI is InChI=1S/C17H35N3O2.HI/c1-5-18-15(19-12-16(2,3)14-21)20-13-17(10-11-22-4)8-6-7-9-17;/h21H,5-14H2,1-4H3,(H2,18,19,20);1H. The number of halogens is 1. The molecule has 0 aromatic rings. The van der Waals surface area contributed by atoms with Gasteiger partial charge in [-0.1, -0.05) is 26.7 Å². The summed E-state index contributed by atoms with van der Waals surface area (Å²) in [6, 6.07) is 0. The highest BCUT2D eigenvalue weighted by molar-refractivity contribution is 14.0. The van der Waals surface area contributed by atoms with Crippen molar-refractivity contribution in [2.45, 2.75) is 52.9 Å². The van der Waals surface area contributed by atoms with Crippen molar-refractivity contribution in [1.29, 1.82) is 0 Å². The van der Waals surface area contributed by atoms with E-state index >= 15 is 0 Å².